The van der Waals surface area contributed by atoms with Gasteiger partial charge in [0.1, 0.15) is 17.2 Å². The summed E-state index contributed by atoms with van der Waals surface area (Å²) in [5, 5.41) is 2.46. The predicted molar refractivity (Wildman–Crippen MR) is 128 cm³/mol. The minimum atomic E-state index is -5.29. The highest BCUT2D eigenvalue weighted by Gasteiger charge is 2.58. The molecule has 0 spiro atoms. The van der Waals surface area contributed by atoms with Gasteiger partial charge in [-0.2, -0.15) is 26.3 Å². The Labute approximate surface area is 218 Å². The summed E-state index contributed by atoms with van der Waals surface area (Å²) < 4.78 is 88.1. The molecule has 6 nitrogen and oxygen atoms in total. The van der Waals surface area contributed by atoms with Gasteiger partial charge in [0.2, 0.25) is 5.91 Å². The number of ether oxygens (including phenoxy) is 1. The van der Waals surface area contributed by atoms with E-state index in [-0.39, 0.29) is 25.1 Å². The fourth-order valence-corrected chi connectivity index (χ4v) is 4.99. The first-order chi connectivity index (χ1) is 18.3. The lowest BCUT2D eigenvalue weighted by Gasteiger charge is -2.28. The van der Waals surface area contributed by atoms with Crippen molar-refractivity contribution in [2.75, 3.05) is 18.5 Å². The largest absolute Gasteiger partial charge is 0.457 e. The van der Waals surface area contributed by atoms with Crippen LogP contribution in [0.5, 0.6) is 11.5 Å². The molecule has 1 aromatic heterocycles. The number of aromatic nitrogens is 1. The van der Waals surface area contributed by atoms with E-state index in [4.69, 9.17) is 4.74 Å². The summed E-state index contributed by atoms with van der Waals surface area (Å²) in [4.78, 5) is 30.8. The minimum absolute atomic E-state index is 0.0129. The second-order valence-electron chi connectivity index (χ2n) is 9.36. The number of anilines is 1. The molecular weight excluding hydrogens is 528 g/mol. The first-order valence-electron chi connectivity index (χ1n) is 11.9. The number of pyridine rings is 1. The molecular formula is C27H21F6N3O3. The number of carbonyl (C=O) groups excluding carboxylic acids is 2. The van der Waals surface area contributed by atoms with Gasteiger partial charge in [0.05, 0.1) is 16.5 Å². The van der Waals surface area contributed by atoms with Crippen molar-refractivity contribution in [3.63, 3.8) is 0 Å². The van der Waals surface area contributed by atoms with Crippen molar-refractivity contribution < 1.29 is 40.7 Å². The van der Waals surface area contributed by atoms with Crippen LogP contribution in [0.25, 0.3) is 0 Å². The zero-order valence-electron chi connectivity index (χ0n) is 20.4. The number of amides is 2. The molecule has 2 aromatic carbocycles. The Bertz CT molecular complexity index is 1460. The van der Waals surface area contributed by atoms with Crippen LogP contribution in [-0.4, -0.2) is 30.4 Å². The lowest BCUT2D eigenvalue weighted by atomic mass is 9.86. The van der Waals surface area contributed by atoms with Gasteiger partial charge in [-0.15, -0.1) is 0 Å². The van der Waals surface area contributed by atoms with Crippen LogP contribution in [0.3, 0.4) is 0 Å². The summed E-state index contributed by atoms with van der Waals surface area (Å²) >= 11 is 0. The molecule has 0 bridgehead atoms. The standard InChI is InChI=1S/C27H21F6N3O3/c1-34-23(37)20-14-17(7-11-35-20)39-16-5-6-21-15(13-16)8-12-36(21)24(38)25(9-10-25)18-3-2-4-19(26(28,29)30)22(18)27(31,32)33/h2-7,11,13-14H,8-10,12H2,1H3,(H,34,37). The highest BCUT2D eigenvalue weighted by atomic mass is 19.4. The van der Waals surface area contributed by atoms with Crippen LogP contribution in [0.15, 0.2) is 54.7 Å². The fraction of sp³-hybridized carbons (Fsp3) is 0.296. The molecule has 204 valence electrons. The Morgan fingerprint density at radius 1 is 0.974 bits per heavy atom. The van der Waals surface area contributed by atoms with Gasteiger partial charge in [0.15, 0.2) is 0 Å². The molecule has 2 heterocycles. The first-order valence-corrected chi connectivity index (χ1v) is 11.9. The van der Waals surface area contributed by atoms with Crippen molar-refractivity contribution in [3.8, 4) is 11.5 Å². The Balaban J connectivity index is 1.44. The Hall–Kier alpha value is -4.09. The highest BCUT2D eigenvalue weighted by Crippen LogP contribution is 2.56. The highest BCUT2D eigenvalue weighted by molar-refractivity contribution is 6.05. The number of nitrogens with one attached hydrogen (secondary N) is 1. The molecule has 3 aromatic rings. The first kappa shape index (κ1) is 26.5. The minimum Gasteiger partial charge on any atom is -0.457 e. The van der Waals surface area contributed by atoms with Crippen LogP contribution in [0, 0.1) is 0 Å². The smallest absolute Gasteiger partial charge is 0.417 e. The third-order valence-corrected chi connectivity index (χ3v) is 6.95. The van der Waals surface area contributed by atoms with Crippen molar-refractivity contribution in [2.24, 2.45) is 0 Å². The van der Waals surface area contributed by atoms with Crippen LogP contribution in [0.1, 0.15) is 45.6 Å². The molecule has 2 aliphatic rings. The number of rotatable bonds is 5. The second-order valence-corrected chi connectivity index (χ2v) is 9.36. The van der Waals surface area contributed by atoms with Crippen molar-refractivity contribution in [3.05, 3.63) is 82.7 Å². The summed E-state index contributed by atoms with van der Waals surface area (Å²) in [6.07, 6.45) is -8.71. The van der Waals surface area contributed by atoms with Gasteiger partial charge in [-0.1, -0.05) is 12.1 Å². The van der Waals surface area contributed by atoms with E-state index in [1.165, 1.54) is 24.2 Å². The summed E-state index contributed by atoms with van der Waals surface area (Å²) in [5.74, 6) is -0.317. The molecule has 0 atom stereocenters. The molecule has 39 heavy (non-hydrogen) atoms. The SMILES string of the molecule is CNC(=O)c1cc(Oc2ccc3c(c2)CCN3C(=O)C2(c3cccc(C(F)(F)F)c3C(F)(F)F)CC2)ccn1. The predicted octanol–water partition coefficient (Wildman–Crippen LogP) is 5.89. The molecule has 2 amide bonds. The zero-order chi connectivity index (χ0) is 28.2. The molecule has 1 saturated carbocycles. The summed E-state index contributed by atoms with van der Waals surface area (Å²) in [7, 11) is 1.47. The monoisotopic (exact) mass is 549 g/mol. The van der Waals surface area contributed by atoms with Crippen molar-refractivity contribution in [1.82, 2.24) is 10.3 Å². The van der Waals surface area contributed by atoms with Crippen LogP contribution in [-0.2, 0) is 29.0 Å². The summed E-state index contributed by atoms with van der Waals surface area (Å²) in [6.45, 7) is 0.162. The molecule has 1 aliphatic carbocycles. The van der Waals surface area contributed by atoms with Crippen LogP contribution in [0.4, 0.5) is 32.0 Å². The van der Waals surface area contributed by atoms with E-state index in [1.807, 2.05) is 0 Å². The third-order valence-electron chi connectivity index (χ3n) is 6.95. The van der Waals surface area contributed by atoms with E-state index in [0.29, 0.717) is 35.2 Å². The van der Waals surface area contributed by atoms with E-state index < -0.39 is 46.3 Å². The van der Waals surface area contributed by atoms with E-state index >= 15 is 0 Å². The number of halogens is 6. The Morgan fingerprint density at radius 3 is 2.33 bits per heavy atom. The third kappa shape index (κ3) is 4.79. The maximum atomic E-state index is 13.9. The van der Waals surface area contributed by atoms with Crippen LogP contribution in [0.2, 0.25) is 0 Å². The molecule has 1 aliphatic heterocycles. The number of nitrogens with zero attached hydrogens (tertiary/aromatic N) is 2. The van der Waals surface area contributed by atoms with E-state index in [9.17, 15) is 35.9 Å². The number of carbonyl (C=O) groups is 2. The number of hydrogen-bond donors (Lipinski definition) is 1. The normalized spacial score (nSPS) is 16.0. The van der Waals surface area contributed by atoms with Crippen molar-refractivity contribution >= 4 is 17.5 Å². The maximum Gasteiger partial charge on any atom is 0.417 e. The molecule has 5 rings (SSSR count). The average molecular weight is 549 g/mol. The van der Waals surface area contributed by atoms with E-state index in [0.717, 1.165) is 12.1 Å². The molecule has 1 N–H and O–H groups in total. The Morgan fingerprint density at radius 2 is 1.69 bits per heavy atom. The van der Waals surface area contributed by atoms with Gasteiger partial charge < -0.3 is 15.0 Å². The number of fused-ring (bicyclic) bond motifs is 1. The number of benzene rings is 2. The lowest BCUT2D eigenvalue weighted by molar-refractivity contribution is -0.162. The zero-order valence-corrected chi connectivity index (χ0v) is 20.4. The van der Waals surface area contributed by atoms with Crippen molar-refractivity contribution in [2.45, 2.75) is 37.0 Å². The second kappa shape index (κ2) is 9.28. The molecule has 0 radical (unpaired) electrons. The molecule has 12 heteroatoms. The summed E-state index contributed by atoms with van der Waals surface area (Å²) in [6, 6.07) is 10.1. The van der Waals surface area contributed by atoms with Crippen molar-refractivity contribution in [1.29, 1.82) is 0 Å². The van der Waals surface area contributed by atoms with E-state index in [1.54, 1.807) is 24.3 Å². The van der Waals surface area contributed by atoms with Gasteiger partial charge >= 0.3 is 12.4 Å². The molecule has 1 fully saturated rings. The lowest BCUT2D eigenvalue weighted by Crippen LogP contribution is -2.39. The van der Waals surface area contributed by atoms with Crippen LogP contribution >= 0.6 is 0 Å². The summed E-state index contributed by atoms with van der Waals surface area (Å²) in [5.41, 5.74) is -4.64. The van der Waals surface area contributed by atoms with Gasteiger partial charge in [-0.05, 0) is 60.7 Å². The number of alkyl halides is 6. The fourth-order valence-electron chi connectivity index (χ4n) is 4.99. The number of hydrogen-bond acceptors (Lipinski definition) is 4. The Kier molecular flexibility index (Phi) is 6.31. The average Bonchev–Trinajstić information content (AvgIpc) is 3.60. The van der Waals surface area contributed by atoms with Gasteiger partial charge in [-0.25, -0.2) is 0 Å². The quantitative estimate of drug-likeness (QED) is 0.403. The van der Waals surface area contributed by atoms with E-state index in [2.05, 4.69) is 10.3 Å². The van der Waals surface area contributed by atoms with Crippen LogP contribution < -0.4 is 15.0 Å². The van der Waals surface area contributed by atoms with Gasteiger partial charge in [0.25, 0.3) is 5.91 Å². The van der Waals surface area contributed by atoms with Gasteiger partial charge in [0, 0.05) is 31.5 Å². The van der Waals surface area contributed by atoms with Gasteiger partial charge in [-0.3, -0.25) is 14.6 Å². The molecule has 0 unspecified atom stereocenters. The topological polar surface area (TPSA) is 71.5 Å². The molecule has 0 saturated heterocycles. The maximum absolute atomic E-state index is 13.9.